The second kappa shape index (κ2) is 14.8. The molecule has 6 nitrogen and oxygen atoms in total. The Morgan fingerprint density at radius 1 is 0.575 bits per heavy atom. The summed E-state index contributed by atoms with van der Waals surface area (Å²) in [5.74, 6) is 0. The standard InChI is InChI=1S/2C9H6F3N3.C8H11P.Os/c2*10-9(11,12)8-5-7(14-15-8)6-3-1-2-4-13-6;1-9(2)8-6-4-3-5-7-8;/h2*1-5H,(H,14,15);3-7H,1-2H3;. The molecule has 5 aromatic rings. The van der Waals surface area contributed by atoms with E-state index in [2.05, 4.69) is 63.8 Å². The van der Waals surface area contributed by atoms with E-state index in [-0.39, 0.29) is 39.1 Å². The van der Waals surface area contributed by atoms with Gasteiger partial charge in [-0.15, -0.1) is 0 Å². The van der Waals surface area contributed by atoms with Gasteiger partial charge in [0.05, 0.1) is 11.4 Å². The summed E-state index contributed by atoms with van der Waals surface area (Å²) < 4.78 is 73.4. The molecule has 212 valence electrons. The second-order valence-corrected chi connectivity index (χ2v) is 10.3. The van der Waals surface area contributed by atoms with E-state index in [0.29, 0.717) is 11.4 Å². The van der Waals surface area contributed by atoms with Gasteiger partial charge < -0.3 is 0 Å². The first-order valence-corrected chi connectivity index (χ1v) is 13.5. The summed E-state index contributed by atoms with van der Waals surface area (Å²) in [6, 6.07) is 22.4. The van der Waals surface area contributed by atoms with Gasteiger partial charge in [0.1, 0.15) is 22.8 Å². The predicted molar refractivity (Wildman–Crippen MR) is 138 cm³/mol. The minimum atomic E-state index is -4.40. The van der Waals surface area contributed by atoms with Crippen LogP contribution in [0, 0.1) is 0 Å². The van der Waals surface area contributed by atoms with Crippen LogP contribution in [0.25, 0.3) is 22.8 Å². The van der Waals surface area contributed by atoms with Crippen LogP contribution in [0.2, 0.25) is 0 Å². The van der Waals surface area contributed by atoms with E-state index in [4.69, 9.17) is 0 Å². The Kier molecular flexibility index (Phi) is 12.2. The number of nitrogens with zero attached hydrogens (tertiary/aromatic N) is 4. The van der Waals surface area contributed by atoms with Crippen molar-refractivity contribution in [1.82, 2.24) is 30.4 Å². The third kappa shape index (κ3) is 9.96. The molecule has 0 aliphatic carbocycles. The van der Waals surface area contributed by atoms with Gasteiger partial charge in [-0.2, -0.15) is 36.5 Å². The molecule has 5 rings (SSSR count). The van der Waals surface area contributed by atoms with E-state index >= 15 is 0 Å². The maximum Gasteiger partial charge on any atom is 0.432 e. The van der Waals surface area contributed by atoms with Gasteiger partial charge in [-0.05, 0) is 55.0 Å². The number of benzene rings is 1. The molecule has 0 atom stereocenters. The summed E-state index contributed by atoms with van der Waals surface area (Å²) >= 11 is 0. The first-order chi connectivity index (χ1) is 18.4. The average Bonchev–Trinajstić information content (AvgIpc) is 3.62. The summed E-state index contributed by atoms with van der Waals surface area (Å²) in [5.41, 5.74) is -0.564. The van der Waals surface area contributed by atoms with Gasteiger partial charge in [0.2, 0.25) is 0 Å². The number of aromatic nitrogens is 6. The van der Waals surface area contributed by atoms with Gasteiger partial charge in [0.15, 0.2) is 0 Å². The quantitative estimate of drug-likeness (QED) is 0.153. The smallest absolute Gasteiger partial charge is 0.273 e. The zero-order valence-corrected chi connectivity index (χ0v) is 24.5. The van der Waals surface area contributed by atoms with Crippen LogP contribution in [-0.4, -0.2) is 43.7 Å². The first kappa shape index (κ1) is 32.8. The largest absolute Gasteiger partial charge is 0.432 e. The van der Waals surface area contributed by atoms with Crippen molar-refractivity contribution in [3.05, 3.63) is 103 Å². The molecule has 4 heterocycles. The molecule has 1 aromatic carbocycles. The van der Waals surface area contributed by atoms with Crippen molar-refractivity contribution in [3.63, 3.8) is 0 Å². The Labute approximate surface area is 240 Å². The topological polar surface area (TPSA) is 83.1 Å². The number of H-pyrrole nitrogens is 2. The number of aromatic amines is 2. The van der Waals surface area contributed by atoms with Crippen LogP contribution in [0.3, 0.4) is 0 Å². The van der Waals surface area contributed by atoms with Crippen molar-refractivity contribution in [3.8, 4) is 22.8 Å². The van der Waals surface area contributed by atoms with Crippen LogP contribution in [0.15, 0.2) is 91.3 Å². The van der Waals surface area contributed by atoms with Crippen LogP contribution in [0.1, 0.15) is 11.4 Å². The molecule has 0 saturated heterocycles. The summed E-state index contributed by atoms with van der Waals surface area (Å²) in [4.78, 5) is 7.79. The Bertz CT molecular complexity index is 1320. The fraction of sp³-hybridized carbons (Fsp3) is 0.154. The van der Waals surface area contributed by atoms with Gasteiger partial charge in [0.25, 0.3) is 0 Å². The molecule has 0 fully saturated rings. The van der Waals surface area contributed by atoms with Gasteiger partial charge in [-0.25, -0.2) is 0 Å². The maximum absolute atomic E-state index is 12.2. The van der Waals surface area contributed by atoms with Crippen molar-refractivity contribution in [2.45, 2.75) is 12.4 Å². The molecule has 0 bridgehead atoms. The molecule has 2 N–H and O–H groups in total. The normalized spacial score (nSPS) is 11.0. The molecule has 40 heavy (non-hydrogen) atoms. The zero-order valence-electron chi connectivity index (χ0n) is 21.0. The van der Waals surface area contributed by atoms with Gasteiger partial charge in [-0.1, -0.05) is 50.4 Å². The van der Waals surface area contributed by atoms with E-state index in [1.54, 1.807) is 36.4 Å². The van der Waals surface area contributed by atoms with Crippen molar-refractivity contribution in [2.24, 2.45) is 0 Å². The molecule has 0 aliphatic heterocycles. The van der Waals surface area contributed by atoms with Crippen LogP contribution < -0.4 is 5.30 Å². The van der Waals surface area contributed by atoms with Crippen molar-refractivity contribution < 1.29 is 46.1 Å². The Morgan fingerprint density at radius 2 is 0.975 bits per heavy atom. The van der Waals surface area contributed by atoms with Gasteiger partial charge >= 0.3 is 12.4 Å². The molecular weight excluding hydrogens is 732 g/mol. The van der Waals surface area contributed by atoms with E-state index in [0.717, 1.165) is 12.1 Å². The monoisotopic (exact) mass is 756 g/mol. The minimum Gasteiger partial charge on any atom is -0.273 e. The average molecular weight is 755 g/mol. The molecule has 0 unspecified atom stereocenters. The van der Waals surface area contributed by atoms with E-state index in [1.165, 1.54) is 17.7 Å². The number of nitrogens with one attached hydrogen (secondary N) is 2. The van der Waals surface area contributed by atoms with Crippen LogP contribution >= 0.6 is 7.92 Å². The molecule has 0 amide bonds. The predicted octanol–water partition coefficient (Wildman–Crippen LogP) is 7.03. The summed E-state index contributed by atoms with van der Waals surface area (Å²) in [5, 5.41) is 12.4. The number of hydrogen-bond donors (Lipinski definition) is 2. The molecule has 0 saturated carbocycles. The Hall–Kier alpha value is -3.41. The van der Waals surface area contributed by atoms with E-state index in [1.807, 2.05) is 10.2 Å². The minimum absolute atomic E-state index is 0. The molecule has 0 aliphatic rings. The Balaban J connectivity index is 0.000000215. The van der Waals surface area contributed by atoms with Gasteiger partial charge in [0, 0.05) is 32.2 Å². The maximum atomic E-state index is 12.2. The number of hydrogen-bond acceptors (Lipinski definition) is 4. The molecule has 0 spiro atoms. The molecule has 14 heteroatoms. The summed E-state index contributed by atoms with van der Waals surface area (Å²) in [7, 11) is 0.104. The first-order valence-electron chi connectivity index (χ1n) is 11.3. The zero-order chi connectivity index (χ0) is 28.5. The molecule has 4 aromatic heterocycles. The van der Waals surface area contributed by atoms with Crippen molar-refractivity contribution in [1.29, 1.82) is 0 Å². The van der Waals surface area contributed by atoms with Crippen LogP contribution in [0.5, 0.6) is 0 Å². The second-order valence-electron chi connectivity index (χ2n) is 7.99. The van der Waals surface area contributed by atoms with Crippen molar-refractivity contribution >= 4 is 13.2 Å². The van der Waals surface area contributed by atoms with E-state index < -0.39 is 23.7 Å². The third-order valence-electron chi connectivity index (χ3n) is 4.89. The number of halogens is 6. The summed E-state index contributed by atoms with van der Waals surface area (Å²) in [6.07, 6.45) is -5.81. The van der Waals surface area contributed by atoms with Crippen LogP contribution in [-0.2, 0) is 32.1 Å². The van der Waals surface area contributed by atoms with E-state index in [9.17, 15) is 26.3 Å². The van der Waals surface area contributed by atoms with Gasteiger partial charge in [-0.3, -0.25) is 20.2 Å². The molecule has 0 radical (unpaired) electrons. The number of pyridine rings is 2. The van der Waals surface area contributed by atoms with Crippen molar-refractivity contribution in [2.75, 3.05) is 13.3 Å². The summed E-state index contributed by atoms with van der Waals surface area (Å²) in [6.45, 7) is 4.54. The fourth-order valence-corrected chi connectivity index (χ4v) is 3.72. The Morgan fingerprint density at radius 3 is 1.25 bits per heavy atom. The number of rotatable bonds is 3. The fourth-order valence-electron chi connectivity index (χ4n) is 2.95. The number of alkyl halides is 6. The third-order valence-corrected chi connectivity index (χ3v) is 6.22. The SMILES string of the molecule is CP(C)c1ccccc1.FC(F)(F)c1cc(-c2ccccn2)n[nH]1.FC(F)(F)c1cc(-c2ccccn2)n[nH]1.[Os]. The molecular formula is C26H23F6N6OsP. The van der Waals surface area contributed by atoms with Crippen LogP contribution in [0.4, 0.5) is 26.3 Å².